The van der Waals surface area contributed by atoms with Crippen molar-refractivity contribution in [2.45, 2.75) is 258 Å². The summed E-state index contributed by atoms with van der Waals surface area (Å²) in [6.07, 6.45) is 68.5. The highest BCUT2D eigenvalue weighted by Gasteiger charge is 2.19. The van der Waals surface area contributed by atoms with Gasteiger partial charge in [-0.05, 0) is 96.3 Å². The first-order valence-corrected chi connectivity index (χ1v) is 27.1. The van der Waals surface area contributed by atoms with E-state index < -0.39 is 6.10 Å². The summed E-state index contributed by atoms with van der Waals surface area (Å²) in [6, 6.07) is 0. The molecule has 0 spiro atoms. The first-order valence-electron chi connectivity index (χ1n) is 27.1. The fourth-order valence-electron chi connectivity index (χ4n) is 7.32. The molecule has 0 heterocycles. The van der Waals surface area contributed by atoms with Crippen molar-refractivity contribution in [2.75, 3.05) is 13.2 Å². The number of carbonyl (C=O) groups is 3. The Hall–Kier alpha value is -3.41. The van der Waals surface area contributed by atoms with Crippen LogP contribution in [0.15, 0.2) is 85.1 Å². The van der Waals surface area contributed by atoms with Crippen molar-refractivity contribution in [1.29, 1.82) is 0 Å². The van der Waals surface area contributed by atoms with Gasteiger partial charge in [-0.1, -0.05) is 221 Å². The average Bonchev–Trinajstić information content (AvgIpc) is 3.30. The van der Waals surface area contributed by atoms with Gasteiger partial charge in [0.05, 0.1) is 0 Å². The van der Waals surface area contributed by atoms with Crippen LogP contribution in [0.1, 0.15) is 252 Å². The van der Waals surface area contributed by atoms with Gasteiger partial charge in [-0.2, -0.15) is 0 Å². The summed E-state index contributed by atoms with van der Waals surface area (Å²) < 4.78 is 16.8. The molecule has 6 heteroatoms. The molecule has 1 atom stereocenters. The Bertz CT molecular complexity index is 1270. The summed E-state index contributed by atoms with van der Waals surface area (Å²) in [6.45, 7) is 6.47. The zero-order chi connectivity index (χ0) is 47.2. The quantitative estimate of drug-likeness (QED) is 0.0262. The molecule has 0 saturated carbocycles. The summed E-state index contributed by atoms with van der Waals surface area (Å²) in [5, 5.41) is 0. The molecule has 0 N–H and O–H groups in total. The van der Waals surface area contributed by atoms with Crippen molar-refractivity contribution < 1.29 is 28.6 Å². The number of ether oxygens (including phenoxy) is 3. The third-order valence-electron chi connectivity index (χ3n) is 11.4. The second-order valence-electron chi connectivity index (χ2n) is 17.8. The van der Waals surface area contributed by atoms with Gasteiger partial charge < -0.3 is 14.2 Å². The lowest BCUT2D eigenvalue weighted by molar-refractivity contribution is -0.167. The van der Waals surface area contributed by atoms with Gasteiger partial charge >= 0.3 is 17.9 Å². The lowest BCUT2D eigenvalue weighted by atomic mass is 10.0. The van der Waals surface area contributed by atoms with Crippen molar-refractivity contribution in [2.24, 2.45) is 0 Å². The second-order valence-corrected chi connectivity index (χ2v) is 17.8. The topological polar surface area (TPSA) is 78.9 Å². The summed E-state index contributed by atoms with van der Waals surface area (Å²) in [5.74, 6) is -0.944. The number of hydrogen-bond acceptors (Lipinski definition) is 6. The molecular weight excluding hydrogens is 805 g/mol. The zero-order valence-electron chi connectivity index (χ0n) is 42.5. The summed E-state index contributed by atoms with van der Waals surface area (Å²) in [5.41, 5.74) is 0. The molecule has 0 aromatic carbocycles. The molecule has 65 heavy (non-hydrogen) atoms. The van der Waals surface area contributed by atoms with E-state index in [9.17, 15) is 14.4 Å². The minimum Gasteiger partial charge on any atom is -0.462 e. The van der Waals surface area contributed by atoms with Crippen molar-refractivity contribution in [3.63, 3.8) is 0 Å². The van der Waals surface area contributed by atoms with Crippen LogP contribution in [0.5, 0.6) is 0 Å². The van der Waals surface area contributed by atoms with E-state index in [1.165, 1.54) is 103 Å². The molecule has 0 saturated heterocycles. The van der Waals surface area contributed by atoms with Crippen LogP contribution in [-0.4, -0.2) is 37.2 Å². The van der Waals surface area contributed by atoms with Gasteiger partial charge in [-0.25, -0.2) is 0 Å². The van der Waals surface area contributed by atoms with E-state index in [0.717, 1.165) is 109 Å². The highest BCUT2D eigenvalue weighted by Crippen LogP contribution is 2.14. The Labute approximate surface area is 401 Å². The van der Waals surface area contributed by atoms with E-state index in [1.54, 1.807) is 0 Å². The molecule has 6 nitrogen and oxygen atoms in total. The predicted octanol–water partition coefficient (Wildman–Crippen LogP) is 18.0. The molecule has 0 fully saturated rings. The van der Waals surface area contributed by atoms with Crippen molar-refractivity contribution in [3.8, 4) is 0 Å². The van der Waals surface area contributed by atoms with Crippen LogP contribution in [0.4, 0.5) is 0 Å². The SMILES string of the molecule is CC/C=C\C/C=C\C/C=C\C/C=C\C/C=C\C/C=C\CCCCC(=O)OCC(COC(=O)CCCCCCCCCCCCCC)OC(=O)CCCCCCC/C=C\CCCCCCC. The fourth-order valence-corrected chi connectivity index (χ4v) is 7.32. The number of rotatable bonds is 48. The predicted molar refractivity (Wildman–Crippen MR) is 279 cm³/mol. The molecule has 0 aliphatic rings. The van der Waals surface area contributed by atoms with E-state index in [-0.39, 0.29) is 31.1 Å². The molecule has 0 rings (SSSR count). The standard InChI is InChI=1S/C59H100O6/c1-4-7-10-13-16-19-22-25-27-28-29-30-31-32-33-35-37-40-43-46-49-52-58(61)64-55-56(54-63-57(60)51-48-45-42-39-36-24-21-18-15-12-9-6-3)65-59(62)53-50-47-44-41-38-34-26-23-20-17-14-11-8-5-2/h7,10,16,19,23,25-27,29-30,32-33,37,40,56H,4-6,8-9,11-15,17-18,20-22,24,28,31,34-36,38-39,41-55H2,1-3H3/b10-7-,19-16-,26-23-,27-25-,30-29-,33-32-,40-37-. The summed E-state index contributed by atoms with van der Waals surface area (Å²) in [4.78, 5) is 38.0. The van der Waals surface area contributed by atoms with Gasteiger partial charge in [0.2, 0.25) is 0 Å². The van der Waals surface area contributed by atoms with Crippen LogP contribution in [0.2, 0.25) is 0 Å². The molecule has 0 aromatic rings. The minimum atomic E-state index is -0.797. The van der Waals surface area contributed by atoms with Crippen molar-refractivity contribution in [1.82, 2.24) is 0 Å². The molecule has 0 aromatic heterocycles. The van der Waals surface area contributed by atoms with Gasteiger partial charge in [0.25, 0.3) is 0 Å². The van der Waals surface area contributed by atoms with Gasteiger partial charge in [-0.15, -0.1) is 0 Å². The number of carbonyl (C=O) groups excluding carboxylic acids is 3. The maximum atomic E-state index is 12.8. The fraction of sp³-hybridized carbons (Fsp3) is 0.712. The van der Waals surface area contributed by atoms with E-state index in [1.807, 2.05) is 0 Å². The van der Waals surface area contributed by atoms with E-state index in [4.69, 9.17) is 14.2 Å². The van der Waals surface area contributed by atoms with Crippen LogP contribution >= 0.6 is 0 Å². The Kier molecular flexibility index (Phi) is 50.4. The maximum absolute atomic E-state index is 12.8. The Morgan fingerprint density at radius 3 is 0.985 bits per heavy atom. The Morgan fingerprint density at radius 1 is 0.323 bits per heavy atom. The molecule has 1 unspecified atom stereocenters. The van der Waals surface area contributed by atoms with E-state index >= 15 is 0 Å². The lowest BCUT2D eigenvalue weighted by Crippen LogP contribution is -2.30. The molecule has 0 aliphatic heterocycles. The highest BCUT2D eigenvalue weighted by molar-refractivity contribution is 5.71. The number of allylic oxidation sites excluding steroid dienone is 14. The van der Waals surface area contributed by atoms with Crippen molar-refractivity contribution in [3.05, 3.63) is 85.1 Å². The van der Waals surface area contributed by atoms with E-state index in [0.29, 0.717) is 19.3 Å². The van der Waals surface area contributed by atoms with Gasteiger partial charge in [0.15, 0.2) is 6.10 Å². The van der Waals surface area contributed by atoms with E-state index in [2.05, 4.69) is 106 Å². The highest BCUT2D eigenvalue weighted by atomic mass is 16.6. The molecule has 0 aliphatic carbocycles. The molecule has 0 radical (unpaired) electrons. The third-order valence-corrected chi connectivity index (χ3v) is 11.4. The maximum Gasteiger partial charge on any atom is 0.306 e. The van der Waals surface area contributed by atoms with Crippen molar-refractivity contribution >= 4 is 17.9 Å². The molecule has 0 amide bonds. The lowest BCUT2D eigenvalue weighted by Gasteiger charge is -2.18. The summed E-state index contributed by atoms with van der Waals surface area (Å²) in [7, 11) is 0. The number of esters is 3. The van der Waals surface area contributed by atoms with Crippen LogP contribution in [0.25, 0.3) is 0 Å². The van der Waals surface area contributed by atoms with Crippen LogP contribution in [0, 0.1) is 0 Å². The third kappa shape index (κ3) is 51.4. The molecule has 372 valence electrons. The van der Waals surface area contributed by atoms with Gasteiger partial charge in [0.1, 0.15) is 13.2 Å². The Morgan fingerprint density at radius 2 is 0.600 bits per heavy atom. The van der Waals surface area contributed by atoms with Gasteiger partial charge in [-0.3, -0.25) is 14.4 Å². The monoisotopic (exact) mass is 905 g/mol. The normalized spacial score (nSPS) is 12.7. The smallest absolute Gasteiger partial charge is 0.306 e. The zero-order valence-corrected chi connectivity index (χ0v) is 42.5. The minimum absolute atomic E-state index is 0.0922. The molecule has 0 bridgehead atoms. The number of hydrogen-bond donors (Lipinski definition) is 0. The largest absolute Gasteiger partial charge is 0.462 e. The first kappa shape index (κ1) is 61.6. The average molecular weight is 905 g/mol. The van der Waals surface area contributed by atoms with Gasteiger partial charge in [0, 0.05) is 19.3 Å². The first-order chi connectivity index (χ1) is 32.0. The second kappa shape index (κ2) is 53.2. The van der Waals surface area contributed by atoms with Crippen LogP contribution in [0.3, 0.4) is 0 Å². The number of unbranched alkanes of at least 4 members (excludes halogenated alkanes) is 23. The van der Waals surface area contributed by atoms with Crippen LogP contribution in [-0.2, 0) is 28.6 Å². The molecular formula is C59H100O6. The summed E-state index contributed by atoms with van der Waals surface area (Å²) >= 11 is 0. The Balaban J connectivity index is 4.44. The van der Waals surface area contributed by atoms with Crippen LogP contribution < -0.4 is 0 Å².